The van der Waals surface area contributed by atoms with E-state index in [0.29, 0.717) is 16.8 Å². The predicted molar refractivity (Wildman–Crippen MR) is 86.4 cm³/mol. The molecule has 0 spiro atoms. The zero-order valence-electron chi connectivity index (χ0n) is 13.2. The number of hydrogen-bond acceptors (Lipinski definition) is 4. The summed E-state index contributed by atoms with van der Waals surface area (Å²) >= 11 is 0. The number of carboxylic acid groups (broad SMARTS) is 1. The molecule has 7 heteroatoms. The minimum Gasteiger partial charge on any atom is -0.480 e. The molecule has 1 atom stereocenters. The molecule has 0 unspecified atom stereocenters. The number of aliphatic carboxylic acids is 1. The topological polar surface area (TPSA) is 107 Å². The average molecular weight is 317 g/mol. The molecule has 0 aliphatic carbocycles. The van der Waals surface area contributed by atoms with E-state index in [1.54, 1.807) is 38.2 Å². The first kappa shape index (κ1) is 16.7. The molecule has 1 aromatic carbocycles. The van der Waals surface area contributed by atoms with Crippen LogP contribution in [0.2, 0.25) is 0 Å². The fourth-order valence-corrected chi connectivity index (χ4v) is 2.43. The van der Waals surface area contributed by atoms with E-state index in [-0.39, 0.29) is 17.7 Å². The van der Waals surface area contributed by atoms with Gasteiger partial charge in [-0.25, -0.2) is 4.79 Å². The minimum absolute atomic E-state index is 0.208. The van der Waals surface area contributed by atoms with Crippen molar-refractivity contribution in [3.05, 3.63) is 56.4 Å². The van der Waals surface area contributed by atoms with Gasteiger partial charge in [-0.2, -0.15) is 0 Å². The van der Waals surface area contributed by atoms with Crippen molar-refractivity contribution in [1.82, 2.24) is 9.13 Å². The lowest BCUT2D eigenvalue weighted by atomic mass is 10.0. The number of carboxylic acids is 1. The van der Waals surface area contributed by atoms with Crippen molar-refractivity contribution in [2.75, 3.05) is 0 Å². The Morgan fingerprint density at radius 1 is 1.17 bits per heavy atom. The second-order valence-electron chi connectivity index (χ2n) is 5.51. The van der Waals surface area contributed by atoms with Gasteiger partial charge in [0.1, 0.15) is 6.04 Å². The molecule has 2 rings (SSSR count). The average Bonchev–Trinajstić information content (AvgIpc) is 2.52. The molecule has 122 valence electrons. The maximum atomic E-state index is 12.4. The van der Waals surface area contributed by atoms with Crippen molar-refractivity contribution in [3.63, 3.8) is 0 Å². The first-order valence-electron chi connectivity index (χ1n) is 7.08. The summed E-state index contributed by atoms with van der Waals surface area (Å²) in [5.41, 5.74) is 7.24. The maximum absolute atomic E-state index is 12.4. The zero-order chi connectivity index (χ0) is 17.3. The molecule has 23 heavy (non-hydrogen) atoms. The fraction of sp³-hybridized carbons (Fsp3) is 0.312. The van der Waals surface area contributed by atoms with Gasteiger partial charge in [-0.3, -0.25) is 14.2 Å². The molecule has 0 aliphatic heterocycles. The zero-order valence-corrected chi connectivity index (χ0v) is 13.2. The molecule has 1 aromatic heterocycles. The van der Waals surface area contributed by atoms with Gasteiger partial charge in [0.05, 0.1) is 5.56 Å². The van der Waals surface area contributed by atoms with Gasteiger partial charge in [0, 0.05) is 19.8 Å². The van der Waals surface area contributed by atoms with E-state index in [9.17, 15) is 14.4 Å². The molecule has 2 aromatic rings. The summed E-state index contributed by atoms with van der Waals surface area (Å²) in [5, 5.41) is 8.83. The predicted octanol–water partition coefficient (Wildman–Crippen LogP) is 0.0138. The third-order valence-electron chi connectivity index (χ3n) is 3.97. The molecule has 0 bridgehead atoms. The maximum Gasteiger partial charge on any atom is 0.330 e. The summed E-state index contributed by atoms with van der Waals surface area (Å²) in [6.07, 6.45) is 0.208. The van der Waals surface area contributed by atoms with Crippen LogP contribution in [0.25, 0.3) is 11.1 Å². The number of hydrogen-bond donors (Lipinski definition) is 2. The third-order valence-corrected chi connectivity index (χ3v) is 3.97. The number of nitrogens with zero attached hydrogens (tertiary/aromatic N) is 2. The Bertz CT molecular complexity index is 863. The lowest BCUT2D eigenvalue weighted by Gasteiger charge is -2.13. The minimum atomic E-state index is -1.06. The monoisotopic (exact) mass is 317 g/mol. The summed E-state index contributed by atoms with van der Waals surface area (Å²) in [6.45, 7) is 1.71. The van der Waals surface area contributed by atoms with Gasteiger partial charge in [-0.05, 0) is 24.5 Å². The summed E-state index contributed by atoms with van der Waals surface area (Å²) in [6, 6.07) is 5.98. The van der Waals surface area contributed by atoms with Crippen molar-refractivity contribution in [3.8, 4) is 11.1 Å². The summed E-state index contributed by atoms with van der Waals surface area (Å²) in [7, 11) is 3.05. The van der Waals surface area contributed by atoms with Gasteiger partial charge >= 0.3 is 11.7 Å². The van der Waals surface area contributed by atoms with Crippen LogP contribution in [-0.4, -0.2) is 26.3 Å². The van der Waals surface area contributed by atoms with Crippen LogP contribution in [0.1, 0.15) is 11.3 Å². The lowest BCUT2D eigenvalue weighted by Crippen LogP contribution is -2.39. The number of nitrogens with two attached hydrogens (primary N) is 1. The molecule has 7 nitrogen and oxygen atoms in total. The Kier molecular flexibility index (Phi) is 4.51. The van der Waals surface area contributed by atoms with Gasteiger partial charge in [0.25, 0.3) is 5.56 Å². The molecule has 0 amide bonds. The lowest BCUT2D eigenvalue weighted by molar-refractivity contribution is -0.138. The Balaban J connectivity index is 2.47. The molecule has 0 aliphatic rings. The largest absolute Gasteiger partial charge is 0.480 e. The van der Waals surface area contributed by atoms with E-state index < -0.39 is 12.0 Å². The van der Waals surface area contributed by atoms with Gasteiger partial charge in [-0.15, -0.1) is 0 Å². The molecule has 3 N–H and O–H groups in total. The summed E-state index contributed by atoms with van der Waals surface area (Å²) in [4.78, 5) is 35.0. The Morgan fingerprint density at radius 3 is 2.26 bits per heavy atom. The SMILES string of the molecule is Cc1c(-c2ccc(C[C@H](N)C(=O)O)cc2)c(=O)n(C)c(=O)n1C. The molecule has 0 fully saturated rings. The van der Waals surface area contributed by atoms with Crippen molar-refractivity contribution in [1.29, 1.82) is 0 Å². The molecule has 1 heterocycles. The van der Waals surface area contributed by atoms with Crippen LogP contribution in [0.4, 0.5) is 0 Å². The first-order chi connectivity index (χ1) is 10.7. The van der Waals surface area contributed by atoms with Crippen molar-refractivity contribution >= 4 is 5.97 Å². The molecular weight excluding hydrogens is 298 g/mol. The van der Waals surface area contributed by atoms with E-state index in [0.717, 1.165) is 10.1 Å². The normalized spacial score (nSPS) is 12.2. The number of benzene rings is 1. The van der Waals surface area contributed by atoms with Crippen molar-refractivity contribution in [2.24, 2.45) is 19.8 Å². The Labute approximate surface area is 132 Å². The van der Waals surface area contributed by atoms with E-state index in [4.69, 9.17) is 10.8 Å². The quantitative estimate of drug-likeness (QED) is 0.826. The fourth-order valence-electron chi connectivity index (χ4n) is 2.43. The third kappa shape index (κ3) is 3.09. The summed E-state index contributed by atoms with van der Waals surface area (Å²) < 4.78 is 2.49. The molecule has 0 saturated carbocycles. The van der Waals surface area contributed by atoms with Crippen LogP contribution < -0.4 is 17.0 Å². The van der Waals surface area contributed by atoms with Crippen LogP contribution in [0, 0.1) is 6.92 Å². The number of carbonyl (C=O) groups is 1. The second-order valence-corrected chi connectivity index (χ2v) is 5.51. The highest BCUT2D eigenvalue weighted by molar-refractivity contribution is 5.73. The Morgan fingerprint density at radius 2 is 1.74 bits per heavy atom. The van der Waals surface area contributed by atoms with E-state index in [1.807, 2.05) is 0 Å². The highest BCUT2D eigenvalue weighted by Gasteiger charge is 2.15. The first-order valence-corrected chi connectivity index (χ1v) is 7.08. The highest BCUT2D eigenvalue weighted by Crippen LogP contribution is 2.19. The van der Waals surface area contributed by atoms with Gasteiger partial charge in [0.2, 0.25) is 0 Å². The van der Waals surface area contributed by atoms with Crippen LogP contribution in [0.3, 0.4) is 0 Å². The highest BCUT2D eigenvalue weighted by atomic mass is 16.4. The van der Waals surface area contributed by atoms with E-state index in [2.05, 4.69) is 0 Å². The van der Waals surface area contributed by atoms with E-state index >= 15 is 0 Å². The van der Waals surface area contributed by atoms with Crippen molar-refractivity contribution < 1.29 is 9.90 Å². The molecular formula is C16H19N3O4. The van der Waals surface area contributed by atoms with Crippen molar-refractivity contribution in [2.45, 2.75) is 19.4 Å². The smallest absolute Gasteiger partial charge is 0.330 e. The second kappa shape index (κ2) is 6.21. The molecule has 0 radical (unpaired) electrons. The summed E-state index contributed by atoms with van der Waals surface area (Å²) in [5.74, 6) is -1.06. The number of aromatic nitrogens is 2. The van der Waals surface area contributed by atoms with Gasteiger partial charge < -0.3 is 15.4 Å². The van der Waals surface area contributed by atoms with Crippen LogP contribution in [0.15, 0.2) is 33.9 Å². The van der Waals surface area contributed by atoms with Crippen LogP contribution in [0.5, 0.6) is 0 Å². The van der Waals surface area contributed by atoms with Crippen LogP contribution in [-0.2, 0) is 25.3 Å². The van der Waals surface area contributed by atoms with Gasteiger partial charge in [0.15, 0.2) is 0 Å². The van der Waals surface area contributed by atoms with Crippen LogP contribution >= 0.6 is 0 Å². The van der Waals surface area contributed by atoms with E-state index in [1.165, 1.54) is 11.6 Å². The Hall–Kier alpha value is -2.67. The molecule has 0 saturated heterocycles. The standard InChI is InChI=1S/C16H19N3O4/c1-9-13(14(20)19(3)16(23)18(9)2)11-6-4-10(5-7-11)8-12(17)15(21)22/h4-7,12H,8,17H2,1-3H3,(H,21,22)/t12-/m0/s1. The number of rotatable bonds is 4. The van der Waals surface area contributed by atoms with Gasteiger partial charge in [-0.1, -0.05) is 24.3 Å².